The van der Waals surface area contributed by atoms with Crippen LogP contribution >= 0.6 is 15.9 Å². The molecule has 0 saturated heterocycles. The van der Waals surface area contributed by atoms with E-state index in [2.05, 4.69) is 86.2 Å². The number of halogens is 1. The molecule has 2 rings (SSSR count). The van der Waals surface area contributed by atoms with Gasteiger partial charge in [-0.3, -0.25) is 0 Å². The van der Waals surface area contributed by atoms with Crippen molar-refractivity contribution in [2.75, 3.05) is 5.32 Å². The number of anilines is 1. The van der Waals surface area contributed by atoms with Crippen LogP contribution in [0.1, 0.15) is 40.8 Å². The summed E-state index contributed by atoms with van der Waals surface area (Å²) in [5.74, 6) is 0. The summed E-state index contributed by atoms with van der Waals surface area (Å²) < 4.78 is 1.11. The Morgan fingerprint density at radius 3 is 2.10 bits per heavy atom. The van der Waals surface area contributed by atoms with E-state index in [4.69, 9.17) is 0 Å². The fourth-order valence-corrected chi connectivity index (χ4v) is 3.29. The van der Waals surface area contributed by atoms with Crippen molar-refractivity contribution in [2.45, 2.75) is 40.7 Å². The van der Waals surface area contributed by atoms with E-state index in [9.17, 15) is 0 Å². The van der Waals surface area contributed by atoms with Gasteiger partial charge < -0.3 is 5.32 Å². The number of rotatable bonds is 3. The van der Waals surface area contributed by atoms with Gasteiger partial charge in [0.05, 0.1) is 0 Å². The molecule has 0 bridgehead atoms. The van der Waals surface area contributed by atoms with Gasteiger partial charge in [-0.25, -0.2) is 0 Å². The zero-order chi connectivity index (χ0) is 14.9. The number of benzene rings is 2. The summed E-state index contributed by atoms with van der Waals surface area (Å²) in [4.78, 5) is 0. The minimum atomic E-state index is 0.295. The van der Waals surface area contributed by atoms with Crippen LogP contribution in [0, 0.1) is 27.7 Å². The molecule has 0 aliphatic carbocycles. The van der Waals surface area contributed by atoms with Crippen LogP contribution < -0.4 is 5.32 Å². The number of hydrogen-bond donors (Lipinski definition) is 1. The zero-order valence-corrected chi connectivity index (χ0v) is 14.4. The molecular weight excluding hydrogens is 310 g/mol. The molecule has 106 valence electrons. The molecule has 0 aromatic heterocycles. The van der Waals surface area contributed by atoms with Crippen molar-refractivity contribution < 1.29 is 0 Å². The molecule has 2 heteroatoms. The van der Waals surface area contributed by atoms with Crippen molar-refractivity contribution in [2.24, 2.45) is 0 Å². The average molecular weight is 332 g/mol. The van der Waals surface area contributed by atoms with E-state index >= 15 is 0 Å². The third kappa shape index (κ3) is 3.24. The lowest BCUT2D eigenvalue weighted by atomic mass is 9.94. The molecule has 20 heavy (non-hydrogen) atoms. The van der Waals surface area contributed by atoms with Gasteiger partial charge in [0.2, 0.25) is 0 Å². The minimum absolute atomic E-state index is 0.295. The summed E-state index contributed by atoms with van der Waals surface area (Å²) >= 11 is 3.54. The standard InChI is InChI=1S/C18H22BrN/c1-11-8-13(3)18(14(4)9-11)15(5)20-17-10-16(19)7-6-12(17)2/h6-10,15,20H,1-5H3. The van der Waals surface area contributed by atoms with E-state index in [0.717, 1.165) is 4.47 Å². The molecule has 0 radical (unpaired) electrons. The quantitative estimate of drug-likeness (QED) is 0.743. The molecule has 0 heterocycles. The first kappa shape index (κ1) is 15.1. The normalized spacial score (nSPS) is 12.3. The van der Waals surface area contributed by atoms with Gasteiger partial charge in [0.1, 0.15) is 0 Å². The Labute approximate surface area is 130 Å². The molecule has 0 amide bonds. The topological polar surface area (TPSA) is 12.0 Å². The molecule has 1 N–H and O–H groups in total. The predicted octanol–water partition coefficient (Wildman–Crippen LogP) is 5.86. The third-order valence-electron chi connectivity index (χ3n) is 3.74. The van der Waals surface area contributed by atoms with Crippen LogP contribution in [0.5, 0.6) is 0 Å². The largest absolute Gasteiger partial charge is 0.378 e. The molecule has 0 fully saturated rings. The van der Waals surface area contributed by atoms with Crippen LogP contribution in [0.4, 0.5) is 5.69 Å². The molecule has 0 aliphatic heterocycles. The minimum Gasteiger partial charge on any atom is -0.378 e. The highest BCUT2D eigenvalue weighted by Gasteiger charge is 2.13. The van der Waals surface area contributed by atoms with Crippen molar-refractivity contribution in [1.29, 1.82) is 0 Å². The van der Waals surface area contributed by atoms with Crippen molar-refractivity contribution >= 4 is 21.6 Å². The van der Waals surface area contributed by atoms with Crippen LogP contribution in [-0.2, 0) is 0 Å². The van der Waals surface area contributed by atoms with Gasteiger partial charge in [-0.1, -0.05) is 39.7 Å². The van der Waals surface area contributed by atoms with Gasteiger partial charge in [0.15, 0.2) is 0 Å². The number of aryl methyl sites for hydroxylation is 4. The van der Waals surface area contributed by atoms with Crippen LogP contribution in [0.25, 0.3) is 0 Å². The second kappa shape index (κ2) is 6.01. The predicted molar refractivity (Wildman–Crippen MR) is 91.6 cm³/mol. The highest BCUT2D eigenvalue weighted by Crippen LogP contribution is 2.29. The summed E-state index contributed by atoms with van der Waals surface area (Å²) in [5.41, 5.74) is 7.89. The summed E-state index contributed by atoms with van der Waals surface area (Å²) in [6.07, 6.45) is 0. The summed E-state index contributed by atoms with van der Waals surface area (Å²) in [6, 6.07) is 11.2. The number of hydrogen-bond acceptors (Lipinski definition) is 1. The first-order valence-corrected chi connectivity index (χ1v) is 7.78. The number of nitrogens with one attached hydrogen (secondary N) is 1. The Balaban J connectivity index is 2.33. The Bertz CT molecular complexity index is 608. The van der Waals surface area contributed by atoms with E-state index < -0.39 is 0 Å². The van der Waals surface area contributed by atoms with Gasteiger partial charge >= 0.3 is 0 Å². The van der Waals surface area contributed by atoms with E-state index in [-0.39, 0.29) is 0 Å². The Hall–Kier alpha value is -1.28. The van der Waals surface area contributed by atoms with Crippen LogP contribution in [0.15, 0.2) is 34.8 Å². The van der Waals surface area contributed by atoms with E-state index in [1.54, 1.807) is 0 Å². The summed E-state index contributed by atoms with van der Waals surface area (Å²) in [7, 11) is 0. The monoisotopic (exact) mass is 331 g/mol. The maximum absolute atomic E-state index is 3.64. The summed E-state index contributed by atoms with van der Waals surface area (Å²) in [5, 5.41) is 3.64. The van der Waals surface area contributed by atoms with Crippen molar-refractivity contribution in [1.82, 2.24) is 0 Å². The molecular formula is C18H22BrN. The van der Waals surface area contributed by atoms with Crippen LogP contribution in [0.2, 0.25) is 0 Å². The molecule has 2 aromatic carbocycles. The first-order valence-electron chi connectivity index (χ1n) is 6.99. The van der Waals surface area contributed by atoms with Gasteiger partial charge in [0.25, 0.3) is 0 Å². The van der Waals surface area contributed by atoms with Crippen molar-refractivity contribution in [3.8, 4) is 0 Å². The van der Waals surface area contributed by atoms with E-state index in [1.165, 1.54) is 33.5 Å². The molecule has 1 atom stereocenters. The smallest absolute Gasteiger partial charge is 0.0490 e. The fourth-order valence-electron chi connectivity index (χ4n) is 2.93. The third-order valence-corrected chi connectivity index (χ3v) is 4.24. The van der Waals surface area contributed by atoms with E-state index in [1.807, 2.05) is 0 Å². The average Bonchev–Trinajstić information content (AvgIpc) is 2.32. The van der Waals surface area contributed by atoms with Gasteiger partial charge in [-0.05, 0) is 69.0 Å². The SMILES string of the molecule is Cc1cc(C)c(C(C)Nc2cc(Br)ccc2C)c(C)c1. The van der Waals surface area contributed by atoms with Gasteiger partial charge in [0, 0.05) is 16.2 Å². The molecule has 0 saturated carbocycles. The Morgan fingerprint density at radius 2 is 1.50 bits per heavy atom. The maximum atomic E-state index is 3.64. The lowest BCUT2D eigenvalue weighted by molar-refractivity contribution is 0.860. The molecule has 0 spiro atoms. The molecule has 1 unspecified atom stereocenters. The second-order valence-electron chi connectivity index (χ2n) is 5.64. The molecule has 1 nitrogen and oxygen atoms in total. The lowest BCUT2D eigenvalue weighted by Crippen LogP contribution is -2.11. The molecule has 0 aliphatic rings. The second-order valence-corrected chi connectivity index (χ2v) is 6.55. The van der Waals surface area contributed by atoms with Gasteiger partial charge in [-0.2, -0.15) is 0 Å². The van der Waals surface area contributed by atoms with Crippen molar-refractivity contribution in [3.63, 3.8) is 0 Å². The summed E-state index contributed by atoms with van der Waals surface area (Å²) in [6.45, 7) is 10.9. The van der Waals surface area contributed by atoms with Crippen LogP contribution in [0.3, 0.4) is 0 Å². The maximum Gasteiger partial charge on any atom is 0.0490 e. The van der Waals surface area contributed by atoms with Crippen LogP contribution in [-0.4, -0.2) is 0 Å². The van der Waals surface area contributed by atoms with E-state index in [0.29, 0.717) is 6.04 Å². The zero-order valence-electron chi connectivity index (χ0n) is 12.8. The highest BCUT2D eigenvalue weighted by atomic mass is 79.9. The Kier molecular flexibility index (Phi) is 4.54. The van der Waals surface area contributed by atoms with Gasteiger partial charge in [-0.15, -0.1) is 0 Å². The molecule has 2 aromatic rings. The highest BCUT2D eigenvalue weighted by molar-refractivity contribution is 9.10. The first-order chi connectivity index (χ1) is 9.38. The fraction of sp³-hybridized carbons (Fsp3) is 0.333. The van der Waals surface area contributed by atoms with Crippen molar-refractivity contribution in [3.05, 3.63) is 62.6 Å². The Morgan fingerprint density at radius 1 is 0.900 bits per heavy atom. The lowest BCUT2D eigenvalue weighted by Gasteiger charge is -2.22.